The Balaban J connectivity index is 1.78. The lowest BCUT2D eigenvalue weighted by atomic mass is 10.2. The normalized spacial score (nSPS) is 11.0. The number of carbonyl (C=O) groups excluding carboxylic acids is 1. The van der Waals surface area contributed by atoms with E-state index in [0.717, 1.165) is 0 Å². The number of carbonyl (C=O) groups is 1. The number of benzene rings is 1. The van der Waals surface area contributed by atoms with Crippen molar-refractivity contribution in [3.05, 3.63) is 33.8 Å². The summed E-state index contributed by atoms with van der Waals surface area (Å²) >= 11 is 13.5. The molecule has 1 aromatic carbocycles. The molecule has 1 aromatic heterocycles. The molecule has 0 fully saturated rings. The van der Waals surface area contributed by atoms with Crippen molar-refractivity contribution in [3.63, 3.8) is 0 Å². The van der Waals surface area contributed by atoms with Crippen LogP contribution in [0, 0.1) is 0 Å². The number of aromatic nitrogens is 3. The zero-order chi connectivity index (χ0) is 17.5. The van der Waals surface area contributed by atoms with Gasteiger partial charge in [-0.15, -0.1) is 5.10 Å². The highest BCUT2D eigenvalue weighted by atomic mass is 35.5. The highest BCUT2D eigenvalue weighted by Gasteiger charge is 2.09. The van der Waals surface area contributed by atoms with Crippen LogP contribution in [0.1, 0.15) is 12.0 Å². The minimum atomic E-state index is -0.295. The van der Waals surface area contributed by atoms with Crippen molar-refractivity contribution >= 4 is 53.0 Å². The molecule has 128 valence electrons. The van der Waals surface area contributed by atoms with E-state index >= 15 is 0 Å². The first-order chi connectivity index (χ1) is 11.5. The van der Waals surface area contributed by atoms with Gasteiger partial charge in [0.2, 0.25) is 11.9 Å². The van der Waals surface area contributed by atoms with Crippen molar-refractivity contribution < 1.29 is 9.63 Å². The first kappa shape index (κ1) is 18.6. The molecule has 0 saturated carbocycles. The van der Waals surface area contributed by atoms with Crippen LogP contribution in [-0.4, -0.2) is 33.1 Å². The van der Waals surface area contributed by atoms with Crippen molar-refractivity contribution in [1.29, 1.82) is 0 Å². The predicted molar refractivity (Wildman–Crippen MR) is 95.8 cm³/mol. The van der Waals surface area contributed by atoms with Gasteiger partial charge in [0, 0.05) is 22.7 Å². The van der Waals surface area contributed by atoms with Crippen molar-refractivity contribution in [2.75, 3.05) is 11.6 Å². The molecule has 1 amide bonds. The lowest BCUT2D eigenvalue weighted by Crippen LogP contribution is -2.13. The largest absolute Gasteiger partial charge is 0.391 e. The fourth-order valence-electron chi connectivity index (χ4n) is 1.72. The van der Waals surface area contributed by atoms with Crippen LogP contribution < -0.4 is 5.32 Å². The van der Waals surface area contributed by atoms with E-state index < -0.39 is 0 Å². The topological polar surface area (TPSA) is 81.4 Å². The van der Waals surface area contributed by atoms with Gasteiger partial charge in [-0.25, -0.2) is 4.68 Å². The molecule has 0 bridgehead atoms. The molecule has 0 atom stereocenters. The first-order valence-electron chi connectivity index (χ1n) is 6.82. The third-order valence-electron chi connectivity index (χ3n) is 2.85. The number of rotatable bonds is 7. The van der Waals surface area contributed by atoms with E-state index in [9.17, 15) is 4.79 Å². The molecule has 0 spiro atoms. The number of halogens is 2. The minimum absolute atomic E-state index is 0.0309. The third kappa shape index (κ3) is 5.12. The molecule has 2 rings (SSSR count). The van der Waals surface area contributed by atoms with Crippen LogP contribution >= 0.6 is 35.0 Å². The van der Waals surface area contributed by atoms with E-state index in [0.29, 0.717) is 20.8 Å². The summed E-state index contributed by atoms with van der Waals surface area (Å²) in [4.78, 5) is 21.0. The molecule has 0 aliphatic rings. The van der Waals surface area contributed by atoms with Crippen molar-refractivity contribution in [2.24, 2.45) is 12.2 Å². The van der Waals surface area contributed by atoms with Gasteiger partial charge in [0.05, 0.1) is 12.6 Å². The van der Waals surface area contributed by atoms with Crippen molar-refractivity contribution in [3.8, 4) is 0 Å². The summed E-state index contributed by atoms with van der Waals surface area (Å²) in [7, 11) is 1.75. The number of aryl methyl sites for hydroxylation is 1. The van der Waals surface area contributed by atoms with Crippen LogP contribution in [0.2, 0.25) is 10.0 Å². The van der Waals surface area contributed by atoms with E-state index in [1.165, 1.54) is 18.0 Å². The SMILES string of the molecule is CSc1nc(NC(=O)C/C=N\OCc2c(Cl)cccc2Cl)nn1C. The highest BCUT2D eigenvalue weighted by Crippen LogP contribution is 2.24. The average Bonchev–Trinajstić information content (AvgIpc) is 2.89. The lowest BCUT2D eigenvalue weighted by molar-refractivity contribution is -0.115. The highest BCUT2D eigenvalue weighted by molar-refractivity contribution is 7.98. The number of thioether (sulfide) groups is 1. The number of amides is 1. The summed E-state index contributed by atoms with van der Waals surface area (Å²) in [5, 5.41) is 12.1. The smallest absolute Gasteiger partial charge is 0.249 e. The Hall–Kier alpha value is -1.77. The molecular formula is C14H15Cl2N5O2S. The molecular weight excluding hydrogens is 373 g/mol. The van der Waals surface area contributed by atoms with Gasteiger partial charge < -0.3 is 4.84 Å². The monoisotopic (exact) mass is 387 g/mol. The Labute approximate surface area is 153 Å². The summed E-state index contributed by atoms with van der Waals surface area (Å²) in [6.45, 7) is 0.121. The minimum Gasteiger partial charge on any atom is -0.391 e. The number of anilines is 1. The van der Waals surface area contributed by atoms with Gasteiger partial charge in [0.1, 0.15) is 6.61 Å². The van der Waals surface area contributed by atoms with Crippen molar-refractivity contribution in [2.45, 2.75) is 18.2 Å². The van der Waals surface area contributed by atoms with Crippen LogP contribution in [0.3, 0.4) is 0 Å². The lowest BCUT2D eigenvalue weighted by Gasteiger charge is -2.04. The third-order valence-corrected chi connectivity index (χ3v) is 4.28. The van der Waals surface area contributed by atoms with Crippen LogP contribution in [0.5, 0.6) is 0 Å². The first-order valence-corrected chi connectivity index (χ1v) is 8.81. The van der Waals surface area contributed by atoms with E-state index in [4.69, 9.17) is 28.0 Å². The second-order valence-corrected chi connectivity index (χ2v) is 6.15. The summed E-state index contributed by atoms with van der Waals surface area (Å²) in [5.74, 6) is -0.0413. The number of hydrogen-bond acceptors (Lipinski definition) is 6. The Bertz CT molecular complexity index is 731. The maximum atomic E-state index is 11.8. The second-order valence-electron chi connectivity index (χ2n) is 4.56. The molecule has 7 nitrogen and oxygen atoms in total. The van der Waals surface area contributed by atoms with E-state index in [1.54, 1.807) is 29.9 Å². The van der Waals surface area contributed by atoms with Gasteiger partial charge in [-0.05, 0) is 18.4 Å². The molecule has 1 N–H and O–H groups in total. The predicted octanol–water partition coefficient (Wildman–Crippen LogP) is 3.38. The second kappa shape index (κ2) is 8.91. The van der Waals surface area contributed by atoms with Crippen LogP contribution in [0.25, 0.3) is 0 Å². The maximum absolute atomic E-state index is 11.8. The van der Waals surface area contributed by atoms with Crippen LogP contribution in [-0.2, 0) is 23.3 Å². The number of nitrogens with zero attached hydrogens (tertiary/aromatic N) is 4. The van der Waals surface area contributed by atoms with E-state index in [1.807, 2.05) is 6.26 Å². The summed E-state index contributed by atoms with van der Waals surface area (Å²) < 4.78 is 1.59. The molecule has 24 heavy (non-hydrogen) atoms. The van der Waals surface area contributed by atoms with Crippen LogP contribution in [0.4, 0.5) is 5.95 Å². The summed E-state index contributed by atoms with van der Waals surface area (Å²) in [5.41, 5.74) is 0.643. The van der Waals surface area contributed by atoms with Gasteiger partial charge in [0.25, 0.3) is 0 Å². The van der Waals surface area contributed by atoms with Gasteiger partial charge in [-0.2, -0.15) is 4.98 Å². The van der Waals surface area contributed by atoms with Gasteiger partial charge >= 0.3 is 0 Å². The fourth-order valence-corrected chi connectivity index (χ4v) is 2.71. The molecule has 0 saturated heterocycles. The Morgan fingerprint density at radius 2 is 2.17 bits per heavy atom. The average molecular weight is 388 g/mol. The molecule has 1 heterocycles. The van der Waals surface area contributed by atoms with Crippen molar-refractivity contribution in [1.82, 2.24) is 14.8 Å². The number of oxime groups is 1. The molecule has 0 aliphatic carbocycles. The summed E-state index contributed by atoms with van der Waals surface area (Å²) in [6.07, 6.45) is 3.26. The fraction of sp³-hybridized carbons (Fsp3) is 0.286. The molecule has 0 unspecified atom stereocenters. The maximum Gasteiger partial charge on any atom is 0.249 e. The van der Waals surface area contributed by atoms with Gasteiger partial charge in [-0.3, -0.25) is 10.1 Å². The molecule has 0 aliphatic heterocycles. The van der Waals surface area contributed by atoms with E-state index in [2.05, 4.69) is 20.6 Å². The zero-order valence-corrected chi connectivity index (χ0v) is 15.3. The van der Waals surface area contributed by atoms with Crippen LogP contribution in [0.15, 0.2) is 28.5 Å². The standard InChI is InChI=1S/C14H15Cl2N5O2S/c1-21-14(24-2)19-13(20-21)18-12(22)6-7-17-23-8-9-10(15)4-3-5-11(9)16/h3-5,7H,6,8H2,1-2H3,(H,18,20,22)/b17-7-. The Morgan fingerprint density at radius 3 is 2.79 bits per heavy atom. The Morgan fingerprint density at radius 1 is 1.46 bits per heavy atom. The quantitative estimate of drug-likeness (QED) is 0.447. The molecule has 10 heteroatoms. The zero-order valence-electron chi connectivity index (χ0n) is 13.0. The number of nitrogens with one attached hydrogen (secondary N) is 1. The molecule has 0 radical (unpaired) electrons. The van der Waals surface area contributed by atoms with Gasteiger partial charge in [-0.1, -0.05) is 46.2 Å². The summed E-state index contributed by atoms with van der Waals surface area (Å²) in [6, 6.07) is 5.17. The molecule has 2 aromatic rings. The van der Waals surface area contributed by atoms with E-state index in [-0.39, 0.29) is 24.9 Å². The Kier molecular flexibility index (Phi) is 6.89. The van der Waals surface area contributed by atoms with Gasteiger partial charge in [0.15, 0.2) is 5.16 Å². The number of hydrogen-bond donors (Lipinski definition) is 1.